The first kappa shape index (κ1) is 9.97. The summed E-state index contributed by atoms with van der Waals surface area (Å²) >= 11 is 0. The summed E-state index contributed by atoms with van der Waals surface area (Å²) in [7, 11) is 0. The van der Waals surface area contributed by atoms with Crippen LogP contribution in [-0.2, 0) is 0 Å². The van der Waals surface area contributed by atoms with Gasteiger partial charge in [0.15, 0.2) is 0 Å². The van der Waals surface area contributed by atoms with Gasteiger partial charge in [-0.2, -0.15) is 0 Å². The van der Waals surface area contributed by atoms with Gasteiger partial charge < -0.3 is 0 Å². The molecular formula is C12H15F. The van der Waals surface area contributed by atoms with Crippen LogP contribution in [0.5, 0.6) is 0 Å². The molecule has 13 heavy (non-hydrogen) atoms. The molecule has 0 bridgehead atoms. The Hall–Kier alpha value is -1.11. The quantitative estimate of drug-likeness (QED) is 0.643. The maximum Gasteiger partial charge on any atom is 0.123 e. The lowest BCUT2D eigenvalue weighted by Gasteiger charge is -2.07. The number of hydrogen-bond acceptors (Lipinski definition) is 0. The van der Waals surface area contributed by atoms with Gasteiger partial charge in [-0.1, -0.05) is 19.1 Å². The van der Waals surface area contributed by atoms with Gasteiger partial charge in [0, 0.05) is 0 Å². The van der Waals surface area contributed by atoms with Crippen LogP contribution in [-0.4, -0.2) is 0 Å². The number of allylic oxidation sites excluding steroid dienone is 2. The van der Waals surface area contributed by atoms with Gasteiger partial charge in [0.1, 0.15) is 5.82 Å². The predicted octanol–water partition coefficient (Wildman–Crippen LogP) is 3.95. The SMILES string of the molecule is C/C=C(/CC)c1cc(F)ccc1C. The van der Waals surface area contributed by atoms with Crippen molar-refractivity contribution in [3.8, 4) is 0 Å². The molecule has 0 saturated heterocycles. The highest BCUT2D eigenvalue weighted by molar-refractivity contribution is 5.67. The largest absolute Gasteiger partial charge is 0.207 e. The molecule has 0 unspecified atom stereocenters. The van der Waals surface area contributed by atoms with Crippen molar-refractivity contribution in [3.05, 3.63) is 41.2 Å². The van der Waals surface area contributed by atoms with E-state index in [1.807, 2.05) is 26.0 Å². The van der Waals surface area contributed by atoms with Crippen LogP contribution >= 0.6 is 0 Å². The molecule has 0 radical (unpaired) electrons. The average Bonchev–Trinajstić information content (AvgIpc) is 2.13. The third-order valence-electron chi connectivity index (χ3n) is 2.27. The van der Waals surface area contributed by atoms with Crippen LogP contribution in [0.3, 0.4) is 0 Å². The van der Waals surface area contributed by atoms with Crippen molar-refractivity contribution >= 4 is 5.57 Å². The van der Waals surface area contributed by atoms with Gasteiger partial charge in [-0.25, -0.2) is 4.39 Å². The Morgan fingerprint density at radius 1 is 1.46 bits per heavy atom. The first-order valence-corrected chi connectivity index (χ1v) is 4.60. The van der Waals surface area contributed by atoms with Crippen molar-refractivity contribution in [3.63, 3.8) is 0 Å². The number of rotatable bonds is 2. The molecule has 0 aliphatic rings. The number of hydrogen-bond donors (Lipinski definition) is 0. The first-order chi connectivity index (χ1) is 6.19. The second-order valence-electron chi connectivity index (χ2n) is 3.13. The smallest absolute Gasteiger partial charge is 0.123 e. The summed E-state index contributed by atoms with van der Waals surface area (Å²) in [5.41, 5.74) is 3.37. The van der Waals surface area contributed by atoms with Gasteiger partial charge in [0.2, 0.25) is 0 Å². The standard InChI is InChI=1S/C12H15F/c1-4-10(5-2)12-8-11(13)7-6-9(12)3/h4,6-8H,5H2,1-3H3/b10-4-. The van der Waals surface area contributed by atoms with Crippen molar-refractivity contribution in [2.24, 2.45) is 0 Å². The molecule has 0 aliphatic heterocycles. The molecule has 1 aromatic rings. The molecule has 0 aromatic heterocycles. The summed E-state index contributed by atoms with van der Waals surface area (Å²) in [6.45, 7) is 6.08. The van der Waals surface area contributed by atoms with E-state index in [1.165, 1.54) is 11.6 Å². The third-order valence-corrected chi connectivity index (χ3v) is 2.27. The number of aryl methyl sites for hydroxylation is 1. The van der Waals surface area contributed by atoms with Crippen molar-refractivity contribution < 1.29 is 4.39 Å². The minimum Gasteiger partial charge on any atom is -0.207 e. The summed E-state index contributed by atoms with van der Waals surface area (Å²) in [4.78, 5) is 0. The first-order valence-electron chi connectivity index (χ1n) is 4.60. The molecule has 1 aromatic carbocycles. The van der Waals surface area contributed by atoms with Crippen LogP contribution in [0.25, 0.3) is 5.57 Å². The Morgan fingerprint density at radius 3 is 2.69 bits per heavy atom. The van der Waals surface area contributed by atoms with Crippen molar-refractivity contribution in [1.82, 2.24) is 0 Å². The maximum atomic E-state index is 13.0. The van der Waals surface area contributed by atoms with E-state index in [9.17, 15) is 4.39 Å². The number of halogens is 1. The van der Waals surface area contributed by atoms with Gasteiger partial charge in [-0.05, 0) is 49.1 Å². The molecule has 0 saturated carbocycles. The van der Waals surface area contributed by atoms with Crippen LogP contribution in [0.1, 0.15) is 31.4 Å². The van der Waals surface area contributed by atoms with Gasteiger partial charge in [0.05, 0.1) is 0 Å². The zero-order chi connectivity index (χ0) is 9.84. The summed E-state index contributed by atoms with van der Waals surface area (Å²) in [6, 6.07) is 4.93. The molecule has 0 aliphatic carbocycles. The van der Waals surface area contributed by atoms with Crippen LogP contribution in [0.4, 0.5) is 4.39 Å². The third kappa shape index (κ3) is 2.18. The average molecular weight is 178 g/mol. The molecule has 70 valence electrons. The van der Waals surface area contributed by atoms with Crippen LogP contribution < -0.4 is 0 Å². The van der Waals surface area contributed by atoms with E-state index in [-0.39, 0.29) is 5.82 Å². The van der Waals surface area contributed by atoms with Crippen LogP contribution in [0.2, 0.25) is 0 Å². The van der Waals surface area contributed by atoms with E-state index in [0.29, 0.717) is 0 Å². The molecule has 0 amide bonds. The monoisotopic (exact) mass is 178 g/mol. The highest BCUT2D eigenvalue weighted by atomic mass is 19.1. The zero-order valence-electron chi connectivity index (χ0n) is 8.39. The van der Waals surface area contributed by atoms with Gasteiger partial charge >= 0.3 is 0 Å². The Labute approximate surface area is 79.1 Å². The molecule has 0 atom stereocenters. The summed E-state index contributed by atoms with van der Waals surface area (Å²) in [5, 5.41) is 0. The molecule has 1 rings (SSSR count). The van der Waals surface area contributed by atoms with Crippen LogP contribution in [0, 0.1) is 12.7 Å². The fourth-order valence-corrected chi connectivity index (χ4v) is 1.49. The Bertz CT molecular complexity index is 324. The van der Waals surface area contributed by atoms with E-state index in [1.54, 1.807) is 6.07 Å². The van der Waals surface area contributed by atoms with Crippen molar-refractivity contribution in [2.75, 3.05) is 0 Å². The lowest BCUT2D eigenvalue weighted by atomic mass is 9.98. The lowest BCUT2D eigenvalue weighted by Crippen LogP contribution is -1.89. The second-order valence-corrected chi connectivity index (χ2v) is 3.13. The summed E-state index contributed by atoms with van der Waals surface area (Å²) in [5.74, 6) is -0.159. The fraction of sp³-hybridized carbons (Fsp3) is 0.333. The lowest BCUT2D eigenvalue weighted by molar-refractivity contribution is 0.627. The predicted molar refractivity (Wildman–Crippen MR) is 55.1 cm³/mol. The van der Waals surface area contributed by atoms with Gasteiger partial charge in [0.25, 0.3) is 0 Å². The molecule has 0 N–H and O–H groups in total. The summed E-state index contributed by atoms with van der Waals surface area (Å²) < 4.78 is 13.0. The molecule has 0 fully saturated rings. The van der Waals surface area contributed by atoms with E-state index >= 15 is 0 Å². The highest BCUT2D eigenvalue weighted by Crippen LogP contribution is 2.22. The highest BCUT2D eigenvalue weighted by Gasteiger charge is 2.03. The van der Waals surface area contributed by atoms with Crippen molar-refractivity contribution in [2.45, 2.75) is 27.2 Å². The van der Waals surface area contributed by atoms with Gasteiger partial charge in [-0.15, -0.1) is 0 Å². The molecule has 0 nitrogen and oxygen atoms in total. The zero-order valence-corrected chi connectivity index (χ0v) is 8.39. The minimum absolute atomic E-state index is 0.159. The fourth-order valence-electron chi connectivity index (χ4n) is 1.49. The Kier molecular flexibility index (Phi) is 3.24. The Balaban J connectivity index is 3.19. The minimum atomic E-state index is -0.159. The van der Waals surface area contributed by atoms with E-state index in [4.69, 9.17) is 0 Å². The number of benzene rings is 1. The van der Waals surface area contributed by atoms with Gasteiger partial charge in [-0.3, -0.25) is 0 Å². The second kappa shape index (κ2) is 4.22. The normalized spacial score (nSPS) is 11.8. The molecule has 0 spiro atoms. The molecular weight excluding hydrogens is 163 g/mol. The van der Waals surface area contributed by atoms with E-state index in [2.05, 4.69) is 6.92 Å². The topological polar surface area (TPSA) is 0 Å². The molecule has 1 heteroatoms. The Morgan fingerprint density at radius 2 is 2.15 bits per heavy atom. The van der Waals surface area contributed by atoms with Crippen molar-refractivity contribution in [1.29, 1.82) is 0 Å². The van der Waals surface area contributed by atoms with Crippen LogP contribution in [0.15, 0.2) is 24.3 Å². The maximum absolute atomic E-state index is 13.0. The van der Waals surface area contributed by atoms with E-state index in [0.717, 1.165) is 17.5 Å². The summed E-state index contributed by atoms with van der Waals surface area (Å²) in [6.07, 6.45) is 2.99. The van der Waals surface area contributed by atoms with E-state index < -0.39 is 0 Å². The molecule has 0 heterocycles.